The SMILES string of the molecule is Cc1cc(S(=O)(=O)NC2(C)CCCC2)ccc1C#CCN. The quantitative estimate of drug-likeness (QED) is 0.838. The summed E-state index contributed by atoms with van der Waals surface area (Å²) < 4.78 is 27.9. The van der Waals surface area contributed by atoms with Crippen LogP contribution in [0, 0.1) is 18.8 Å². The molecule has 0 unspecified atom stereocenters. The summed E-state index contributed by atoms with van der Waals surface area (Å²) in [4.78, 5) is 0.298. The Morgan fingerprint density at radius 1 is 1.33 bits per heavy atom. The van der Waals surface area contributed by atoms with E-state index in [0.717, 1.165) is 36.8 Å². The number of sulfonamides is 1. The van der Waals surface area contributed by atoms with Crippen LogP contribution in [0.15, 0.2) is 23.1 Å². The van der Waals surface area contributed by atoms with Crippen LogP contribution >= 0.6 is 0 Å². The highest BCUT2D eigenvalue weighted by molar-refractivity contribution is 7.89. The summed E-state index contributed by atoms with van der Waals surface area (Å²) in [5.74, 6) is 5.72. The second-order valence-electron chi connectivity index (χ2n) is 5.86. The molecule has 0 spiro atoms. The fourth-order valence-electron chi connectivity index (χ4n) is 2.73. The minimum absolute atomic E-state index is 0.291. The molecule has 0 bridgehead atoms. The van der Waals surface area contributed by atoms with Gasteiger partial charge in [0.2, 0.25) is 10.0 Å². The zero-order valence-corrected chi connectivity index (χ0v) is 13.4. The summed E-state index contributed by atoms with van der Waals surface area (Å²) >= 11 is 0. The maximum absolute atomic E-state index is 12.5. The number of nitrogens with one attached hydrogen (secondary N) is 1. The predicted molar refractivity (Wildman–Crippen MR) is 84.3 cm³/mol. The van der Waals surface area contributed by atoms with E-state index in [0.29, 0.717) is 11.4 Å². The van der Waals surface area contributed by atoms with Crippen LogP contribution in [0.2, 0.25) is 0 Å². The number of aryl methyl sites for hydroxylation is 1. The molecule has 0 atom stereocenters. The molecule has 1 aliphatic carbocycles. The standard InChI is InChI=1S/C16H22N2O2S/c1-13-12-15(8-7-14(13)6-5-11-17)21(19,20)18-16(2)9-3-4-10-16/h7-8,12,18H,3-4,9-11,17H2,1-2H3. The van der Waals surface area contributed by atoms with E-state index in [-0.39, 0.29) is 5.54 Å². The zero-order valence-electron chi connectivity index (χ0n) is 12.6. The van der Waals surface area contributed by atoms with Crippen molar-refractivity contribution in [3.05, 3.63) is 29.3 Å². The topological polar surface area (TPSA) is 72.2 Å². The first-order chi connectivity index (χ1) is 9.86. The lowest BCUT2D eigenvalue weighted by Gasteiger charge is -2.25. The van der Waals surface area contributed by atoms with Crippen molar-refractivity contribution in [3.63, 3.8) is 0 Å². The summed E-state index contributed by atoms with van der Waals surface area (Å²) in [7, 11) is -3.48. The van der Waals surface area contributed by atoms with Crippen LogP contribution in [0.4, 0.5) is 0 Å². The van der Waals surface area contributed by atoms with Crippen LogP contribution in [0.5, 0.6) is 0 Å². The summed E-state index contributed by atoms with van der Waals surface area (Å²) in [6, 6.07) is 5.01. The molecule has 1 fully saturated rings. The van der Waals surface area contributed by atoms with Gasteiger partial charge in [-0.1, -0.05) is 24.7 Å². The molecule has 1 aliphatic rings. The van der Waals surface area contributed by atoms with E-state index in [1.807, 2.05) is 13.8 Å². The normalized spacial score (nSPS) is 17.3. The highest BCUT2D eigenvalue weighted by Crippen LogP contribution is 2.30. The molecule has 0 amide bonds. The average molecular weight is 306 g/mol. The molecule has 1 saturated carbocycles. The molecule has 5 heteroatoms. The minimum atomic E-state index is -3.48. The van der Waals surface area contributed by atoms with Crippen LogP contribution in [0.3, 0.4) is 0 Å². The van der Waals surface area contributed by atoms with Gasteiger partial charge in [0, 0.05) is 11.1 Å². The molecule has 0 aliphatic heterocycles. The van der Waals surface area contributed by atoms with Crippen LogP contribution in [0.1, 0.15) is 43.7 Å². The molecule has 2 rings (SSSR count). The smallest absolute Gasteiger partial charge is 0.241 e. The third kappa shape index (κ3) is 3.85. The molecule has 0 saturated heterocycles. The second kappa shape index (κ2) is 6.18. The van der Waals surface area contributed by atoms with Crippen molar-refractivity contribution in [2.75, 3.05) is 6.54 Å². The second-order valence-corrected chi connectivity index (χ2v) is 7.54. The Kier molecular flexibility index (Phi) is 4.72. The first kappa shape index (κ1) is 16.0. The maximum atomic E-state index is 12.5. The van der Waals surface area contributed by atoms with E-state index < -0.39 is 10.0 Å². The van der Waals surface area contributed by atoms with E-state index in [9.17, 15) is 8.42 Å². The molecular weight excluding hydrogens is 284 g/mol. The van der Waals surface area contributed by atoms with Gasteiger partial charge in [-0.25, -0.2) is 13.1 Å². The van der Waals surface area contributed by atoms with Crippen LogP contribution in [0.25, 0.3) is 0 Å². The molecule has 1 aromatic rings. The molecule has 1 aromatic carbocycles. The summed E-state index contributed by atoms with van der Waals surface area (Å²) in [6.07, 6.45) is 3.94. The summed E-state index contributed by atoms with van der Waals surface area (Å²) in [6.45, 7) is 4.13. The van der Waals surface area contributed by atoms with Gasteiger partial charge in [-0.3, -0.25) is 0 Å². The number of benzene rings is 1. The summed E-state index contributed by atoms with van der Waals surface area (Å²) in [5.41, 5.74) is 6.69. The van der Waals surface area contributed by atoms with Crippen molar-refractivity contribution in [1.82, 2.24) is 4.72 Å². The molecule has 0 heterocycles. The van der Waals surface area contributed by atoms with Crippen LogP contribution in [-0.2, 0) is 10.0 Å². The Morgan fingerprint density at radius 2 is 2.00 bits per heavy atom. The summed E-state index contributed by atoms with van der Waals surface area (Å²) in [5, 5.41) is 0. The third-order valence-corrected chi connectivity index (χ3v) is 5.56. The molecule has 114 valence electrons. The molecule has 0 radical (unpaired) electrons. The fraction of sp³-hybridized carbons (Fsp3) is 0.500. The highest BCUT2D eigenvalue weighted by Gasteiger charge is 2.33. The van der Waals surface area contributed by atoms with Crippen molar-refractivity contribution in [1.29, 1.82) is 0 Å². The Balaban J connectivity index is 2.26. The molecule has 0 aromatic heterocycles. The van der Waals surface area contributed by atoms with Crippen molar-refractivity contribution < 1.29 is 8.42 Å². The Bertz CT molecular complexity index is 678. The van der Waals surface area contributed by atoms with Crippen molar-refractivity contribution in [2.24, 2.45) is 5.73 Å². The van der Waals surface area contributed by atoms with Gasteiger partial charge in [0.1, 0.15) is 0 Å². The van der Waals surface area contributed by atoms with E-state index >= 15 is 0 Å². The molecule has 4 nitrogen and oxygen atoms in total. The fourth-order valence-corrected chi connectivity index (χ4v) is 4.28. The Morgan fingerprint density at radius 3 is 2.57 bits per heavy atom. The number of hydrogen-bond donors (Lipinski definition) is 2. The van der Waals surface area contributed by atoms with Gasteiger partial charge < -0.3 is 5.73 Å². The van der Waals surface area contributed by atoms with E-state index in [4.69, 9.17) is 5.73 Å². The monoisotopic (exact) mass is 306 g/mol. The van der Waals surface area contributed by atoms with E-state index in [1.54, 1.807) is 18.2 Å². The van der Waals surface area contributed by atoms with Gasteiger partial charge >= 0.3 is 0 Å². The molecular formula is C16H22N2O2S. The van der Waals surface area contributed by atoms with Gasteiger partial charge in [0.05, 0.1) is 11.4 Å². The predicted octanol–water partition coefficient (Wildman–Crippen LogP) is 1.92. The van der Waals surface area contributed by atoms with Crippen molar-refractivity contribution in [2.45, 2.75) is 50.0 Å². The van der Waals surface area contributed by atoms with Gasteiger partial charge in [-0.2, -0.15) is 0 Å². The number of rotatable bonds is 3. The lowest BCUT2D eigenvalue weighted by atomic mass is 10.0. The average Bonchev–Trinajstić information content (AvgIpc) is 2.82. The Labute approximate surface area is 127 Å². The van der Waals surface area contributed by atoms with Gasteiger partial charge in [0.15, 0.2) is 0 Å². The third-order valence-electron chi connectivity index (χ3n) is 3.92. The van der Waals surface area contributed by atoms with Gasteiger partial charge in [0.25, 0.3) is 0 Å². The van der Waals surface area contributed by atoms with Crippen LogP contribution < -0.4 is 10.5 Å². The van der Waals surface area contributed by atoms with E-state index in [1.165, 1.54) is 0 Å². The zero-order chi connectivity index (χ0) is 15.5. The van der Waals surface area contributed by atoms with Gasteiger partial charge in [-0.15, -0.1) is 0 Å². The molecule has 3 N–H and O–H groups in total. The largest absolute Gasteiger partial charge is 0.320 e. The Hall–Kier alpha value is -1.35. The number of nitrogens with two attached hydrogens (primary N) is 1. The maximum Gasteiger partial charge on any atom is 0.241 e. The first-order valence-electron chi connectivity index (χ1n) is 7.20. The lowest BCUT2D eigenvalue weighted by molar-refractivity contribution is 0.427. The van der Waals surface area contributed by atoms with E-state index in [2.05, 4.69) is 16.6 Å². The first-order valence-corrected chi connectivity index (χ1v) is 8.68. The number of hydrogen-bond acceptors (Lipinski definition) is 3. The minimum Gasteiger partial charge on any atom is -0.320 e. The highest BCUT2D eigenvalue weighted by atomic mass is 32.2. The van der Waals surface area contributed by atoms with Crippen LogP contribution in [-0.4, -0.2) is 20.5 Å². The van der Waals surface area contributed by atoms with Gasteiger partial charge in [-0.05, 0) is 50.5 Å². The van der Waals surface area contributed by atoms with Crippen molar-refractivity contribution in [3.8, 4) is 11.8 Å². The molecule has 21 heavy (non-hydrogen) atoms. The van der Waals surface area contributed by atoms with Crippen molar-refractivity contribution >= 4 is 10.0 Å². The lowest BCUT2D eigenvalue weighted by Crippen LogP contribution is -2.43.